The Kier molecular flexibility index (Phi) is 6.44. The Hall–Kier alpha value is -2.55. The number of carbonyl (C=O) groups excluding carboxylic acids is 2. The second-order valence-corrected chi connectivity index (χ2v) is 8.99. The second kappa shape index (κ2) is 9.00. The summed E-state index contributed by atoms with van der Waals surface area (Å²) in [7, 11) is 0. The molecule has 6 nitrogen and oxygen atoms in total. The van der Waals surface area contributed by atoms with Crippen LogP contribution in [0, 0.1) is 5.92 Å². The molecule has 0 atom stereocenters. The number of carbonyl (C=O) groups is 2. The van der Waals surface area contributed by atoms with Gasteiger partial charge in [-0.1, -0.05) is 13.0 Å². The van der Waals surface area contributed by atoms with E-state index in [0.717, 1.165) is 19.6 Å². The monoisotopic (exact) mass is 466 g/mol. The molecule has 0 saturated carbocycles. The summed E-state index contributed by atoms with van der Waals surface area (Å²) in [5.74, 6) is -0.920. The predicted molar refractivity (Wildman–Crippen MR) is 116 cm³/mol. The molecule has 0 aromatic heterocycles. The number of halogens is 3. The average Bonchev–Trinajstić information content (AvgIpc) is 3.02. The third-order valence-electron chi connectivity index (χ3n) is 7.06. The van der Waals surface area contributed by atoms with Gasteiger partial charge < -0.3 is 19.3 Å². The summed E-state index contributed by atoms with van der Waals surface area (Å²) in [6, 6.07) is 5.89. The van der Waals surface area contributed by atoms with Crippen LogP contribution in [0.25, 0.3) is 0 Å². The molecule has 3 heterocycles. The molecule has 0 unspecified atom stereocenters. The second-order valence-electron chi connectivity index (χ2n) is 8.99. The van der Waals surface area contributed by atoms with Crippen LogP contribution in [0.1, 0.15) is 39.5 Å². The van der Waals surface area contributed by atoms with Gasteiger partial charge >= 0.3 is 12.3 Å². The van der Waals surface area contributed by atoms with Crippen LogP contribution < -0.4 is 9.64 Å². The van der Waals surface area contributed by atoms with Crippen molar-refractivity contribution < 1.29 is 32.2 Å². The van der Waals surface area contributed by atoms with E-state index in [1.54, 1.807) is 13.0 Å². The first-order valence-electron chi connectivity index (χ1n) is 11.4. The van der Waals surface area contributed by atoms with E-state index in [1.807, 2.05) is 4.90 Å². The quantitative estimate of drug-likeness (QED) is 0.609. The number of ether oxygens (including phenoxy) is 2. The molecule has 2 fully saturated rings. The Labute approximate surface area is 191 Å². The van der Waals surface area contributed by atoms with Gasteiger partial charge in [-0.3, -0.25) is 4.79 Å². The van der Waals surface area contributed by atoms with Crippen molar-refractivity contribution in [3.63, 3.8) is 0 Å². The minimum atomic E-state index is -4.74. The number of Topliss-reactive ketones (excluding diaryl/α,β-unsaturated/α-hetero) is 1. The molecule has 3 aliphatic heterocycles. The molecule has 1 spiro atoms. The molecule has 9 heteroatoms. The van der Waals surface area contributed by atoms with Crippen LogP contribution >= 0.6 is 0 Å². The first kappa shape index (κ1) is 23.6. The van der Waals surface area contributed by atoms with Gasteiger partial charge in [-0.05, 0) is 38.4 Å². The van der Waals surface area contributed by atoms with Crippen molar-refractivity contribution in [2.75, 3.05) is 37.6 Å². The standard InChI is InChI=1S/C24H29F3N2O4/c1-3-28-13-9-23(10-14-28)20(16(2)22(31)33-23)21(30)17-7-11-29(12-8-17)18-5-4-6-19(15-18)32-24(25,26)27/h4-6,15,17H,3,7-14H2,1-2H3. The highest BCUT2D eigenvalue weighted by molar-refractivity contribution is 6.09. The van der Waals surface area contributed by atoms with Gasteiger partial charge in [0.25, 0.3) is 0 Å². The van der Waals surface area contributed by atoms with Gasteiger partial charge in [0.1, 0.15) is 11.4 Å². The molecule has 0 amide bonds. The molecule has 4 rings (SSSR count). The largest absolute Gasteiger partial charge is 0.573 e. The molecule has 180 valence electrons. The van der Waals surface area contributed by atoms with E-state index in [1.165, 1.54) is 18.2 Å². The number of alkyl halides is 3. The summed E-state index contributed by atoms with van der Waals surface area (Å²) in [6.45, 7) is 7.31. The van der Waals surface area contributed by atoms with E-state index >= 15 is 0 Å². The van der Waals surface area contributed by atoms with Crippen LogP contribution in [0.15, 0.2) is 35.4 Å². The summed E-state index contributed by atoms with van der Waals surface area (Å²) in [5, 5.41) is 0. The van der Waals surface area contributed by atoms with Crippen LogP contribution in [0.3, 0.4) is 0 Å². The highest BCUT2D eigenvalue weighted by Crippen LogP contribution is 2.43. The Morgan fingerprint density at radius 2 is 1.85 bits per heavy atom. The lowest BCUT2D eigenvalue weighted by Crippen LogP contribution is -2.48. The van der Waals surface area contributed by atoms with Crippen molar-refractivity contribution >= 4 is 17.4 Å². The fraction of sp³-hybridized carbons (Fsp3) is 0.583. The van der Waals surface area contributed by atoms with Gasteiger partial charge in [0.05, 0.1) is 0 Å². The lowest BCUT2D eigenvalue weighted by molar-refractivity contribution is -0.274. The van der Waals surface area contributed by atoms with Gasteiger partial charge in [-0.25, -0.2) is 4.79 Å². The summed E-state index contributed by atoms with van der Waals surface area (Å²) < 4.78 is 47.4. The van der Waals surface area contributed by atoms with Gasteiger partial charge in [-0.2, -0.15) is 0 Å². The Bertz CT molecular complexity index is 943. The summed E-state index contributed by atoms with van der Waals surface area (Å²) in [4.78, 5) is 30.2. The third-order valence-corrected chi connectivity index (χ3v) is 7.06. The Morgan fingerprint density at radius 1 is 1.18 bits per heavy atom. The Balaban J connectivity index is 1.44. The number of esters is 1. The molecular formula is C24H29F3N2O4. The topological polar surface area (TPSA) is 59.1 Å². The minimum Gasteiger partial charge on any atom is -0.451 e. The van der Waals surface area contributed by atoms with Gasteiger partial charge in [-0.15, -0.1) is 13.2 Å². The number of benzene rings is 1. The third kappa shape index (κ3) is 4.88. The maximum atomic E-state index is 13.6. The van der Waals surface area contributed by atoms with E-state index in [0.29, 0.717) is 55.6 Å². The smallest absolute Gasteiger partial charge is 0.451 e. The summed E-state index contributed by atoms with van der Waals surface area (Å²) >= 11 is 0. The molecule has 0 bridgehead atoms. The SMILES string of the molecule is CCN1CCC2(CC1)OC(=O)C(C)=C2C(=O)C1CCN(c2cccc(OC(F)(F)F)c2)CC1. The molecular weight excluding hydrogens is 437 g/mol. The zero-order valence-corrected chi connectivity index (χ0v) is 18.9. The number of ketones is 1. The van der Waals surface area contributed by atoms with E-state index in [9.17, 15) is 22.8 Å². The van der Waals surface area contributed by atoms with Crippen molar-refractivity contribution in [2.24, 2.45) is 5.92 Å². The van der Waals surface area contributed by atoms with E-state index in [4.69, 9.17) is 4.74 Å². The first-order valence-corrected chi connectivity index (χ1v) is 11.4. The minimum absolute atomic E-state index is 0.0166. The summed E-state index contributed by atoms with van der Waals surface area (Å²) in [6.07, 6.45) is -2.38. The zero-order valence-electron chi connectivity index (χ0n) is 18.9. The van der Waals surface area contributed by atoms with Gasteiger partial charge in [0, 0.05) is 67.8 Å². The number of hydrogen-bond acceptors (Lipinski definition) is 6. The number of nitrogens with zero attached hydrogens (tertiary/aromatic N) is 2. The van der Waals surface area contributed by atoms with Crippen LogP contribution in [-0.2, 0) is 14.3 Å². The van der Waals surface area contributed by atoms with Crippen LogP contribution in [0.2, 0.25) is 0 Å². The molecule has 0 N–H and O–H groups in total. The predicted octanol–water partition coefficient (Wildman–Crippen LogP) is 4.10. The van der Waals surface area contributed by atoms with Crippen molar-refractivity contribution in [3.05, 3.63) is 35.4 Å². The molecule has 2 saturated heterocycles. The van der Waals surface area contributed by atoms with Gasteiger partial charge in [0.15, 0.2) is 5.78 Å². The van der Waals surface area contributed by atoms with Crippen molar-refractivity contribution in [1.29, 1.82) is 0 Å². The maximum Gasteiger partial charge on any atom is 0.573 e. The molecule has 3 aliphatic rings. The number of piperidine rings is 2. The number of hydrogen-bond donors (Lipinski definition) is 0. The van der Waals surface area contributed by atoms with Crippen LogP contribution in [-0.4, -0.2) is 61.3 Å². The fourth-order valence-electron chi connectivity index (χ4n) is 5.22. The number of anilines is 1. The molecule has 33 heavy (non-hydrogen) atoms. The van der Waals surface area contributed by atoms with Crippen LogP contribution in [0.5, 0.6) is 5.75 Å². The van der Waals surface area contributed by atoms with Crippen molar-refractivity contribution in [3.8, 4) is 5.75 Å². The Morgan fingerprint density at radius 3 is 2.45 bits per heavy atom. The lowest BCUT2D eigenvalue weighted by Gasteiger charge is -2.40. The molecule has 0 aliphatic carbocycles. The first-order chi connectivity index (χ1) is 15.6. The molecule has 1 aromatic carbocycles. The average molecular weight is 467 g/mol. The highest BCUT2D eigenvalue weighted by Gasteiger charge is 2.51. The fourth-order valence-corrected chi connectivity index (χ4v) is 5.22. The maximum absolute atomic E-state index is 13.6. The van der Waals surface area contributed by atoms with E-state index < -0.39 is 17.9 Å². The summed E-state index contributed by atoms with van der Waals surface area (Å²) in [5.41, 5.74) is 0.775. The highest BCUT2D eigenvalue weighted by atomic mass is 19.4. The molecule has 0 radical (unpaired) electrons. The normalized spacial score (nSPS) is 22.1. The van der Waals surface area contributed by atoms with Crippen molar-refractivity contribution in [2.45, 2.75) is 51.5 Å². The zero-order chi connectivity index (χ0) is 23.8. The lowest BCUT2D eigenvalue weighted by atomic mass is 9.76. The van der Waals surface area contributed by atoms with Gasteiger partial charge in [0.2, 0.25) is 0 Å². The number of rotatable bonds is 5. The van der Waals surface area contributed by atoms with E-state index in [2.05, 4.69) is 16.6 Å². The van der Waals surface area contributed by atoms with Crippen LogP contribution in [0.4, 0.5) is 18.9 Å². The molecule has 1 aromatic rings. The van der Waals surface area contributed by atoms with E-state index in [-0.39, 0.29) is 17.5 Å². The number of likely N-dealkylation sites (tertiary alicyclic amines) is 1. The van der Waals surface area contributed by atoms with Crippen molar-refractivity contribution in [1.82, 2.24) is 4.90 Å².